The number of nitrogens with zero attached hydrogens (tertiary/aromatic N) is 2. The summed E-state index contributed by atoms with van der Waals surface area (Å²) in [6, 6.07) is -0.000000000000000444. The van der Waals surface area contributed by atoms with Gasteiger partial charge in [-0.05, 0) is 6.92 Å². The van der Waals surface area contributed by atoms with Gasteiger partial charge in [-0.3, -0.25) is 10.4 Å². The summed E-state index contributed by atoms with van der Waals surface area (Å²) in [5, 5.41) is 13.0. The maximum atomic E-state index is 7.17. The molecule has 0 aromatic heterocycles. The maximum Gasteiger partial charge on any atom is 0.116 e. The summed E-state index contributed by atoms with van der Waals surface area (Å²) >= 11 is 0. The molecule has 0 amide bonds. The summed E-state index contributed by atoms with van der Waals surface area (Å²) in [5.74, 6) is 0.197. The van der Waals surface area contributed by atoms with E-state index in [4.69, 9.17) is 11.1 Å². The molecule has 1 atom stereocenters. The number of hydrogen-bond donors (Lipinski definition) is 2. The van der Waals surface area contributed by atoms with Gasteiger partial charge in [0.2, 0.25) is 0 Å². The lowest BCUT2D eigenvalue weighted by Gasteiger charge is -2.16. The van der Waals surface area contributed by atoms with Crippen molar-refractivity contribution in [3.63, 3.8) is 0 Å². The zero-order valence-electron chi connectivity index (χ0n) is 6.26. The summed E-state index contributed by atoms with van der Waals surface area (Å²) in [6.45, 7) is 1.94. The second kappa shape index (κ2) is 2.28. The summed E-state index contributed by atoms with van der Waals surface area (Å²) in [5.41, 5.74) is 6.36. The van der Waals surface area contributed by atoms with Gasteiger partial charge in [0.05, 0.1) is 0 Å². The van der Waals surface area contributed by atoms with E-state index in [0.717, 1.165) is 12.1 Å². The molecule has 0 radical (unpaired) electrons. The van der Waals surface area contributed by atoms with Gasteiger partial charge in [-0.25, -0.2) is 0 Å². The zero-order valence-corrected chi connectivity index (χ0v) is 6.26. The van der Waals surface area contributed by atoms with Gasteiger partial charge >= 0.3 is 0 Å². The Labute approximate surface area is 60.2 Å². The van der Waals surface area contributed by atoms with Gasteiger partial charge in [-0.15, -0.1) is 0 Å². The fourth-order valence-corrected chi connectivity index (χ4v) is 1.10. The second-order valence-corrected chi connectivity index (χ2v) is 2.58. The highest BCUT2D eigenvalue weighted by Gasteiger charge is 2.23. The topological polar surface area (TPSA) is 65.5 Å². The summed E-state index contributed by atoms with van der Waals surface area (Å²) in [4.78, 5) is 0. The lowest BCUT2D eigenvalue weighted by atomic mass is 10.1. The molecule has 10 heavy (non-hydrogen) atoms. The SMILES string of the molecule is CC1=NN(C)C(C(=N)N)C1. The predicted octanol–water partition coefficient (Wildman–Crippen LogP) is 0.00237. The van der Waals surface area contributed by atoms with Crippen LogP contribution in [0.25, 0.3) is 0 Å². The largest absolute Gasteiger partial charge is 0.386 e. The predicted molar refractivity (Wildman–Crippen MR) is 41.2 cm³/mol. The second-order valence-electron chi connectivity index (χ2n) is 2.58. The van der Waals surface area contributed by atoms with E-state index in [2.05, 4.69) is 5.10 Å². The molecule has 0 fully saturated rings. The fourth-order valence-electron chi connectivity index (χ4n) is 1.10. The van der Waals surface area contributed by atoms with E-state index in [1.807, 2.05) is 14.0 Å². The first-order chi connectivity index (χ1) is 4.61. The molecule has 4 heteroatoms. The Hall–Kier alpha value is -1.06. The summed E-state index contributed by atoms with van der Waals surface area (Å²) in [6.07, 6.45) is 0.797. The first kappa shape index (κ1) is 7.05. The third kappa shape index (κ3) is 1.10. The number of likely N-dealkylation sites (N-methyl/N-ethyl adjacent to an activating group) is 1. The Morgan fingerprint density at radius 1 is 1.90 bits per heavy atom. The Balaban J connectivity index is 2.63. The summed E-state index contributed by atoms with van der Waals surface area (Å²) < 4.78 is 0. The molecule has 0 aliphatic carbocycles. The van der Waals surface area contributed by atoms with Gasteiger partial charge < -0.3 is 5.73 Å². The van der Waals surface area contributed by atoms with Crippen molar-refractivity contribution in [1.29, 1.82) is 5.41 Å². The van der Waals surface area contributed by atoms with Crippen LogP contribution in [0.2, 0.25) is 0 Å². The molecule has 0 saturated carbocycles. The number of hydrogen-bond acceptors (Lipinski definition) is 3. The molecule has 1 heterocycles. The first-order valence-electron chi connectivity index (χ1n) is 3.22. The molecule has 0 aromatic carbocycles. The Morgan fingerprint density at radius 2 is 2.50 bits per heavy atom. The number of nitrogens with two attached hydrogens (primary N) is 1. The number of amidine groups is 1. The van der Waals surface area contributed by atoms with Crippen molar-refractivity contribution in [2.75, 3.05) is 7.05 Å². The first-order valence-corrected chi connectivity index (χ1v) is 3.22. The third-order valence-corrected chi connectivity index (χ3v) is 1.63. The van der Waals surface area contributed by atoms with Crippen molar-refractivity contribution in [2.45, 2.75) is 19.4 Å². The van der Waals surface area contributed by atoms with Crippen molar-refractivity contribution in [2.24, 2.45) is 10.8 Å². The van der Waals surface area contributed by atoms with Crippen LogP contribution in [-0.4, -0.2) is 29.6 Å². The standard InChI is InChI=1S/C6H12N4/c1-4-3-5(6(7)8)10(2)9-4/h5H,3H2,1-2H3,(H3,7,8). The Bertz CT molecular complexity index is 184. The van der Waals surface area contributed by atoms with Crippen LogP contribution in [0.15, 0.2) is 5.10 Å². The minimum Gasteiger partial charge on any atom is -0.386 e. The van der Waals surface area contributed by atoms with Crippen molar-refractivity contribution in [3.05, 3.63) is 0 Å². The van der Waals surface area contributed by atoms with Crippen molar-refractivity contribution < 1.29 is 0 Å². The highest BCUT2D eigenvalue weighted by molar-refractivity contribution is 5.93. The van der Waals surface area contributed by atoms with E-state index in [-0.39, 0.29) is 11.9 Å². The fraction of sp³-hybridized carbons (Fsp3) is 0.667. The highest BCUT2D eigenvalue weighted by atomic mass is 15.5. The third-order valence-electron chi connectivity index (χ3n) is 1.63. The minimum absolute atomic E-state index is 0.000000000000000444. The van der Waals surface area contributed by atoms with Gasteiger partial charge in [-0.1, -0.05) is 0 Å². The monoisotopic (exact) mass is 140 g/mol. The molecular formula is C6H12N4. The van der Waals surface area contributed by atoms with Crippen LogP contribution >= 0.6 is 0 Å². The van der Waals surface area contributed by atoms with Crippen LogP contribution in [0.5, 0.6) is 0 Å². The Kier molecular flexibility index (Phi) is 1.61. The van der Waals surface area contributed by atoms with Gasteiger partial charge in [-0.2, -0.15) is 5.10 Å². The van der Waals surface area contributed by atoms with Gasteiger partial charge in [0.15, 0.2) is 0 Å². The Morgan fingerprint density at radius 3 is 2.70 bits per heavy atom. The van der Waals surface area contributed by atoms with E-state index in [9.17, 15) is 0 Å². The molecule has 0 spiro atoms. The molecule has 1 aliphatic heterocycles. The van der Waals surface area contributed by atoms with Crippen molar-refractivity contribution in [3.8, 4) is 0 Å². The molecule has 4 nitrogen and oxygen atoms in total. The van der Waals surface area contributed by atoms with E-state index in [1.54, 1.807) is 5.01 Å². The number of rotatable bonds is 1. The van der Waals surface area contributed by atoms with Crippen LogP contribution in [0, 0.1) is 5.41 Å². The normalized spacial score (nSPS) is 24.8. The van der Waals surface area contributed by atoms with Crippen LogP contribution < -0.4 is 5.73 Å². The average molecular weight is 140 g/mol. The lowest BCUT2D eigenvalue weighted by Crippen LogP contribution is -2.36. The molecule has 0 bridgehead atoms. The van der Waals surface area contributed by atoms with E-state index in [1.165, 1.54) is 0 Å². The molecule has 1 rings (SSSR count). The zero-order chi connectivity index (χ0) is 7.72. The highest BCUT2D eigenvalue weighted by Crippen LogP contribution is 2.11. The quantitative estimate of drug-likeness (QED) is 0.398. The van der Waals surface area contributed by atoms with Crippen molar-refractivity contribution in [1.82, 2.24) is 5.01 Å². The molecule has 3 N–H and O–H groups in total. The van der Waals surface area contributed by atoms with Gasteiger partial charge in [0.1, 0.15) is 11.9 Å². The average Bonchev–Trinajstić information content (AvgIpc) is 2.10. The molecule has 0 aromatic rings. The minimum atomic E-state index is -0.000000000000000444. The number of nitrogens with one attached hydrogen (secondary N) is 1. The molecular weight excluding hydrogens is 128 g/mol. The van der Waals surface area contributed by atoms with E-state index < -0.39 is 0 Å². The maximum absolute atomic E-state index is 7.17. The molecule has 1 unspecified atom stereocenters. The molecule has 1 aliphatic rings. The van der Waals surface area contributed by atoms with Crippen LogP contribution in [0.4, 0.5) is 0 Å². The van der Waals surface area contributed by atoms with Crippen LogP contribution in [0.1, 0.15) is 13.3 Å². The van der Waals surface area contributed by atoms with Crippen LogP contribution in [0.3, 0.4) is 0 Å². The van der Waals surface area contributed by atoms with E-state index in [0.29, 0.717) is 0 Å². The lowest BCUT2D eigenvalue weighted by molar-refractivity contribution is 0.343. The van der Waals surface area contributed by atoms with Gasteiger partial charge in [0, 0.05) is 19.2 Å². The van der Waals surface area contributed by atoms with Crippen LogP contribution in [-0.2, 0) is 0 Å². The van der Waals surface area contributed by atoms with Gasteiger partial charge in [0.25, 0.3) is 0 Å². The summed E-state index contributed by atoms with van der Waals surface area (Å²) in [7, 11) is 1.84. The molecule has 56 valence electrons. The number of hydrazone groups is 1. The van der Waals surface area contributed by atoms with E-state index >= 15 is 0 Å². The smallest absolute Gasteiger partial charge is 0.116 e. The molecule has 0 saturated heterocycles. The van der Waals surface area contributed by atoms with Crippen molar-refractivity contribution >= 4 is 11.5 Å².